The number of nitrogens with two attached hydrogens (primary N) is 1. The van der Waals surface area contributed by atoms with Crippen molar-refractivity contribution >= 4 is 46.9 Å². The zero-order valence-electron chi connectivity index (χ0n) is 21.1. The molecule has 196 valence electrons. The van der Waals surface area contributed by atoms with Crippen LogP contribution in [0.5, 0.6) is 0 Å². The Morgan fingerprint density at radius 2 is 1.65 bits per heavy atom. The van der Waals surface area contributed by atoms with Crippen LogP contribution in [0.15, 0.2) is 34.1 Å². The molecule has 4 heterocycles. The molecule has 2 fully saturated rings. The van der Waals surface area contributed by atoms with Crippen LogP contribution in [0, 0.1) is 5.92 Å². The molecular weight excluding hydrogens is 512 g/mol. The van der Waals surface area contributed by atoms with Gasteiger partial charge in [-0.2, -0.15) is 4.90 Å². The molecule has 2 aromatic rings. The second-order valence-electron chi connectivity index (χ2n) is 10.8. The van der Waals surface area contributed by atoms with Gasteiger partial charge >= 0.3 is 10.9 Å². The summed E-state index contributed by atoms with van der Waals surface area (Å²) in [5.74, 6) is -2.95. The maximum Gasteiger partial charge on any atom is 0.328 e. The number of imide groups is 3. The van der Waals surface area contributed by atoms with E-state index in [4.69, 9.17) is 5.73 Å². The summed E-state index contributed by atoms with van der Waals surface area (Å²) in [5, 5.41) is -0.399. The van der Waals surface area contributed by atoms with Crippen molar-refractivity contribution in [3.63, 3.8) is 0 Å². The summed E-state index contributed by atoms with van der Waals surface area (Å²) >= 11 is 2.08. The number of thiazole rings is 1. The summed E-state index contributed by atoms with van der Waals surface area (Å²) in [7, 11) is 0. The molecule has 3 aliphatic heterocycles. The Morgan fingerprint density at radius 1 is 1.00 bits per heavy atom. The predicted octanol–water partition coefficient (Wildman–Crippen LogP) is 2.89. The molecule has 0 aliphatic carbocycles. The SMILES string of the molecule is CC(C)(C)c1ccc(C2c3sc(=O)n(CC(=O)N4CCCCC4)c3SC3C(=O)N(C(N)=O)C(=O)C32)cc1. The van der Waals surface area contributed by atoms with Crippen molar-refractivity contribution in [3.05, 3.63) is 49.9 Å². The first-order chi connectivity index (χ1) is 17.5. The highest BCUT2D eigenvalue weighted by Crippen LogP contribution is 2.53. The van der Waals surface area contributed by atoms with E-state index >= 15 is 0 Å². The number of piperidine rings is 1. The Morgan fingerprint density at radius 3 is 2.24 bits per heavy atom. The van der Waals surface area contributed by atoms with Gasteiger partial charge in [0.15, 0.2) is 0 Å². The lowest BCUT2D eigenvalue weighted by Gasteiger charge is -2.31. The number of thioether (sulfide) groups is 1. The molecule has 0 radical (unpaired) electrons. The molecule has 3 atom stereocenters. The fourth-order valence-electron chi connectivity index (χ4n) is 5.40. The highest BCUT2D eigenvalue weighted by Gasteiger charge is 2.57. The predicted molar refractivity (Wildman–Crippen MR) is 141 cm³/mol. The summed E-state index contributed by atoms with van der Waals surface area (Å²) in [4.78, 5) is 67.4. The number of likely N-dealkylation sites (tertiary alicyclic amines) is 2. The van der Waals surface area contributed by atoms with Gasteiger partial charge in [-0.15, -0.1) is 0 Å². The fraction of sp³-hybridized carbons (Fsp3) is 0.500. The van der Waals surface area contributed by atoms with E-state index in [-0.39, 0.29) is 22.7 Å². The van der Waals surface area contributed by atoms with Gasteiger partial charge < -0.3 is 10.6 Å². The molecule has 1 aromatic carbocycles. The van der Waals surface area contributed by atoms with Crippen LogP contribution in [0.4, 0.5) is 4.79 Å². The molecule has 1 aromatic heterocycles. The van der Waals surface area contributed by atoms with Crippen molar-refractivity contribution in [2.75, 3.05) is 13.1 Å². The summed E-state index contributed by atoms with van der Waals surface area (Å²) in [6, 6.07) is 6.70. The number of aromatic nitrogens is 1. The van der Waals surface area contributed by atoms with Gasteiger partial charge in [-0.1, -0.05) is 68.1 Å². The highest BCUT2D eigenvalue weighted by molar-refractivity contribution is 8.00. The van der Waals surface area contributed by atoms with E-state index in [1.165, 1.54) is 4.57 Å². The molecule has 5 amide bonds. The van der Waals surface area contributed by atoms with Crippen LogP contribution in [-0.2, 0) is 26.3 Å². The molecule has 2 saturated heterocycles. The smallest absolute Gasteiger partial charge is 0.328 e. The minimum atomic E-state index is -1.10. The second kappa shape index (κ2) is 9.43. The van der Waals surface area contributed by atoms with Crippen LogP contribution in [0.1, 0.15) is 62.0 Å². The number of hydrogen-bond donors (Lipinski definition) is 1. The average molecular weight is 543 g/mol. The third-order valence-corrected chi connectivity index (χ3v) is 10.0. The Kier molecular flexibility index (Phi) is 6.56. The van der Waals surface area contributed by atoms with Gasteiger partial charge in [-0.05, 0) is 35.8 Å². The summed E-state index contributed by atoms with van der Waals surface area (Å²) in [6.45, 7) is 7.52. The van der Waals surface area contributed by atoms with Crippen molar-refractivity contribution in [1.82, 2.24) is 14.4 Å². The van der Waals surface area contributed by atoms with E-state index in [2.05, 4.69) is 20.8 Å². The number of amides is 5. The molecule has 0 spiro atoms. The van der Waals surface area contributed by atoms with E-state index in [0.717, 1.165) is 53.5 Å². The number of hydrogen-bond acceptors (Lipinski definition) is 7. The van der Waals surface area contributed by atoms with E-state index in [1.54, 1.807) is 4.90 Å². The lowest BCUT2D eigenvalue weighted by molar-refractivity contribution is -0.136. The number of urea groups is 1. The fourth-order valence-corrected chi connectivity index (χ4v) is 8.17. The second-order valence-corrected chi connectivity index (χ2v) is 13.0. The van der Waals surface area contributed by atoms with Crippen molar-refractivity contribution in [2.45, 2.75) is 68.2 Å². The van der Waals surface area contributed by atoms with Crippen molar-refractivity contribution in [1.29, 1.82) is 0 Å². The van der Waals surface area contributed by atoms with Gasteiger partial charge in [-0.3, -0.25) is 23.7 Å². The largest absolute Gasteiger partial charge is 0.351 e. The molecular formula is C26H30N4O5S2. The molecule has 37 heavy (non-hydrogen) atoms. The molecule has 3 unspecified atom stereocenters. The first kappa shape index (κ1) is 25.7. The summed E-state index contributed by atoms with van der Waals surface area (Å²) < 4.78 is 1.43. The molecule has 9 nitrogen and oxygen atoms in total. The summed E-state index contributed by atoms with van der Waals surface area (Å²) in [6.07, 6.45) is 2.96. The maximum atomic E-state index is 13.3. The van der Waals surface area contributed by atoms with Crippen LogP contribution in [0.25, 0.3) is 0 Å². The van der Waals surface area contributed by atoms with Gasteiger partial charge in [0.05, 0.1) is 10.9 Å². The number of fused-ring (bicyclic) bond motifs is 2. The van der Waals surface area contributed by atoms with Gasteiger partial charge in [0.25, 0.3) is 5.91 Å². The molecule has 0 bridgehead atoms. The van der Waals surface area contributed by atoms with Gasteiger partial charge in [0, 0.05) is 23.9 Å². The molecule has 11 heteroatoms. The number of nitrogens with zero attached hydrogens (tertiary/aromatic N) is 3. The van der Waals surface area contributed by atoms with Gasteiger partial charge in [-0.25, -0.2) is 4.79 Å². The number of primary amides is 1. The van der Waals surface area contributed by atoms with Crippen LogP contribution in [0.3, 0.4) is 0 Å². The number of benzene rings is 1. The lowest BCUT2D eigenvalue weighted by Crippen LogP contribution is -2.41. The van der Waals surface area contributed by atoms with Crippen molar-refractivity contribution in [3.8, 4) is 0 Å². The third-order valence-electron chi connectivity index (χ3n) is 7.41. The first-order valence-electron chi connectivity index (χ1n) is 12.4. The Bertz CT molecular complexity index is 1330. The molecule has 0 saturated carbocycles. The van der Waals surface area contributed by atoms with Crippen LogP contribution < -0.4 is 10.6 Å². The molecule has 2 N–H and O–H groups in total. The molecule has 3 aliphatic rings. The monoisotopic (exact) mass is 542 g/mol. The lowest BCUT2D eigenvalue weighted by atomic mass is 9.81. The van der Waals surface area contributed by atoms with Crippen LogP contribution in [0.2, 0.25) is 0 Å². The Labute approximate surface area is 223 Å². The van der Waals surface area contributed by atoms with Gasteiger partial charge in [0.1, 0.15) is 11.8 Å². The van der Waals surface area contributed by atoms with Crippen molar-refractivity contribution in [2.24, 2.45) is 11.7 Å². The van der Waals surface area contributed by atoms with Crippen molar-refractivity contribution < 1.29 is 19.2 Å². The molecule has 5 rings (SSSR count). The summed E-state index contributed by atoms with van der Waals surface area (Å²) in [5.41, 5.74) is 7.19. The van der Waals surface area contributed by atoms with E-state index in [9.17, 15) is 24.0 Å². The maximum absolute atomic E-state index is 13.3. The quantitative estimate of drug-likeness (QED) is 0.595. The van der Waals surface area contributed by atoms with E-state index in [1.807, 2.05) is 24.3 Å². The van der Waals surface area contributed by atoms with Crippen LogP contribution in [-0.4, -0.2) is 56.5 Å². The average Bonchev–Trinajstić information content (AvgIpc) is 3.30. The zero-order valence-corrected chi connectivity index (χ0v) is 22.7. The Balaban J connectivity index is 1.59. The Hall–Kier alpha value is -2.92. The minimum Gasteiger partial charge on any atom is -0.351 e. The first-order valence-corrected chi connectivity index (χ1v) is 14.1. The highest BCUT2D eigenvalue weighted by atomic mass is 32.2. The van der Waals surface area contributed by atoms with E-state index in [0.29, 0.717) is 27.9 Å². The zero-order chi connectivity index (χ0) is 26.6. The standard InChI is InChI=1S/C26H30N4O5S2/c1-26(2,3)15-9-7-14(8-10-15)17-18-19(22(33)30(21(18)32)24(27)34)36-23-20(17)37-25(35)29(23)13-16(31)28-11-5-4-6-12-28/h7-10,17-19H,4-6,11-13H2,1-3H3,(H2,27,34). The number of rotatable bonds is 3. The topological polar surface area (TPSA) is 123 Å². The van der Waals surface area contributed by atoms with Crippen LogP contribution >= 0.6 is 23.1 Å². The number of carbonyl (C=O) groups is 4. The minimum absolute atomic E-state index is 0.0838. The van der Waals surface area contributed by atoms with Gasteiger partial charge in [0.2, 0.25) is 11.8 Å². The third kappa shape index (κ3) is 4.41. The normalized spacial score (nSPS) is 23.7. The number of carbonyl (C=O) groups excluding carboxylic acids is 4. The van der Waals surface area contributed by atoms with E-state index < -0.39 is 34.9 Å².